The van der Waals surface area contributed by atoms with Gasteiger partial charge in [0.25, 0.3) is 5.91 Å². The van der Waals surface area contributed by atoms with Crippen molar-refractivity contribution in [3.8, 4) is 0 Å². The fourth-order valence-electron chi connectivity index (χ4n) is 4.62. The number of ether oxygens (including phenoxy) is 1. The largest absolute Gasteiger partial charge is 0.469 e. The molecule has 0 saturated heterocycles. The maximum atomic E-state index is 13.1. The summed E-state index contributed by atoms with van der Waals surface area (Å²) in [7, 11) is 3.28. The van der Waals surface area contributed by atoms with E-state index in [1.165, 1.54) is 18.4 Å². The molecule has 3 unspecified atom stereocenters. The van der Waals surface area contributed by atoms with Gasteiger partial charge in [-0.3, -0.25) is 14.4 Å². The third kappa shape index (κ3) is 9.86. The summed E-state index contributed by atoms with van der Waals surface area (Å²) >= 11 is 1.47. The van der Waals surface area contributed by atoms with Gasteiger partial charge in [0.2, 0.25) is 5.91 Å². The van der Waals surface area contributed by atoms with E-state index in [1.807, 2.05) is 49.2 Å². The standard InChI is InChI=1S/C30H45N3O4S/c1-8-21(4)16-28(34)33(6)26(20(2)3)14-15-27-32-25(19-38-27)29(35)31-24(17-22(5)30(36)37-7)18-23-12-10-9-11-13-23/h9-13,19-22,24,26H,8,14-18H2,1-7H3,(H,31,35)/t21-,22?,24?,26?/m0/s1. The lowest BCUT2D eigenvalue weighted by atomic mass is 9.96. The number of nitrogens with zero attached hydrogens (tertiary/aromatic N) is 2. The number of nitrogens with one attached hydrogen (secondary N) is 1. The Morgan fingerprint density at radius 3 is 2.39 bits per heavy atom. The van der Waals surface area contributed by atoms with Crippen molar-refractivity contribution in [1.29, 1.82) is 0 Å². The van der Waals surface area contributed by atoms with Crippen LogP contribution in [0.3, 0.4) is 0 Å². The van der Waals surface area contributed by atoms with E-state index >= 15 is 0 Å². The van der Waals surface area contributed by atoms with Gasteiger partial charge in [0.1, 0.15) is 5.69 Å². The number of aryl methyl sites for hydroxylation is 1. The topological polar surface area (TPSA) is 88.6 Å². The van der Waals surface area contributed by atoms with Crippen molar-refractivity contribution < 1.29 is 19.1 Å². The van der Waals surface area contributed by atoms with E-state index in [2.05, 4.69) is 38.0 Å². The minimum Gasteiger partial charge on any atom is -0.469 e. The Labute approximate surface area is 232 Å². The average Bonchev–Trinajstić information content (AvgIpc) is 3.37. The summed E-state index contributed by atoms with van der Waals surface area (Å²) in [5.74, 6) is 0.00137. The molecule has 2 aromatic rings. The van der Waals surface area contributed by atoms with Gasteiger partial charge < -0.3 is 15.0 Å². The molecule has 4 atom stereocenters. The molecule has 0 aliphatic carbocycles. The molecule has 210 valence electrons. The van der Waals surface area contributed by atoms with E-state index in [1.54, 1.807) is 5.38 Å². The molecule has 1 heterocycles. The molecule has 2 amide bonds. The monoisotopic (exact) mass is 543 g/mol. The van der Waals surface area contributed by atoms with Gasteiger partial charge in [-0.15, -0.1) is 11.3 Å². The van der Waals surface area contributed by atoms with Gasteiger partial charge in [-0.2, -0.15) is 0 Å². The van der Waals surface area contributed by atoms with E-state index in [9.17, 15) is 14.4 Å². The smallest absolute Gasteiger partial charge is 0.308 e. The normalized spacial score (nSPS) is 14.4. The number of carbonyl (C=O) groups is 3. The molecule has 1 N–H and O–H groups in total. The highest BCUT2D eigenvalue weighted by atomic mass is 32.1. The molecule has 0 saturated carbocycles. The summed E-state index contributed by atoms with van der Waals surface area (Å²) < 4.78 is 4.89. The maximum Gasteiger partial charge on any atom is 0.308 e. The molecule has 0 aliphatic rings. The number of amides is 2. The third-order valence-electron chi connectivity index (χ3n) is 7.22. The van der Waals surface area contributed by atoms with Gasteiger partial charge in [-0.05, 0) is 36.7 Å². The summed E-state index contributed by atoms with van der Waals surface area (Å²) in [6, 6.07) is 9.78. The SMILES string of the molecule is CC[C@H](C)CC(=O)N(C)C(CCc1nc(C(=O)NC(Cc2ccccc2)CC(C)C(=O)OC)cs1)C(C)C. The molecular weight excluding hydrogens is 498 g/mol. The van der Waals surface area contributed by atoms with Crippen molar-refractivity contribution in [2.24, 2.45) is 17.8 Å². The Bertz CT molecular complexity index is 1020. The quantitative estimate of drug-likeness (QED) is 0.298. The highest BCUT2D eigenvalue weighted by Crippen LogP contribution is 2.21. The molecular formula is C30H45N3O4S. The Hall–Kier alpha value is -2.74. The molecule has 38 heavy (non-hydrogen) atoms. The fourth-order valence-corrected chi connectivity index (χ4v) is 5.42. The van der Waals surface area contributed by atoms with Gasteiger partial charge in [-0.1, -0.05) is 71.4 Å². The van der Waals surface area contributed by atoms with Crippen LogP contribution in [0.25, 0.3) is 0 Å². The summed E-state index contributed by atoms with van der Waals surface area (Å²) in [5, 5.41) is 5.76. The van der Waals surface area contributed by atoms with Crippen LogP contribution in [0.5, 0.6) is 0 Å². The van der Waals surface area contributed by atoms with Gasteiger partial charge in [0.15, 0.2) is 0 Å². The Morgan fingerprint density at radius 2 is 1.79 bits per heavy atom. The number of aromatic nitrogens is 1. The molecule has 0 spiro atoms. The Kier molecular flexibility index (Phi) is 12.9. The van der Waals surface area contributed by atoms with Gasteiger partial charge in [-0.25, -0.2) is 4.98 Å². The molecule has 2 rings (SSSR count). The first kappa shape index (κ1) is 31.5. The minimum atomic E-state index is -0.340. The summed E-state index contributed by atoms with van der Waals surface area (Å²) in [4.78, 5) is 44.4. The summed E-state index contributed by atoms with van der Waals surface area (Å²) in [6.07, 6.45) is 4.13. The predicted octanol–water partition coefficient (Wildman–Crippen LogP) is 5.54. The molecule has 1 aromatic carbocycles. The first-order chi connectivity index (χ1) is 18.0. The second-order valence-electron chi connectivity index (χ2n) is 10.7. The molecule has 7 nitrogen and oxygen atoms in total. The van der Waals surface area contributed by atoms with Crippen LogP contribution >= 0.6 is 11.3 Å². The number of thiazole rings is 1. The first-order valence-electron chi connectivity index (χ1n) is 13.7. The zero-order valence-electron chi connectivity index (χ0n) is 24.0. The van der Waals surface area contributed by atoms with Crippen LogP contribution in [-0.2, 0) is 27.2 Å². The van der Waals surface area contributed by atoms with Crippen LogP contribution in [0.1, 0.15) is 81.4 Å². The molecule has 0 aliphatic heterocycles. The molecule has 0 bridgehead atoms. The average molecular weight is 544 g/mol. The van der Waals surface area contributed by atoms with Gasteiger partial charge in [0.05, 0.1) is 18.0 Å². The zero-order valence-corrected chi connectivity index (χ0v) is 24.8. The van der Waals surface area contributed by atoms with E-state index in [0.717, 1.165) is 23.4 Å². The number of hydrogen-bond donors (Lipinski definition) is 1. The lowest BCUT2D eigenvalue weighted by molar-refractivity contribution is -0.145. The van der Waals surface area contributed by atoms with E-state index < -0.39 is 0 Å². The van der Waals surface area contributed by atoms with Crippen molar-refractivity contribution in [1.82, 2.24) is 15.2 Å². The van der Waals surface area contributed by atoms with E-state index in [-0.39, 0.29) is 35.8 Å². The van der Waals surface area contributed by atoms with Crippen LogP contribution in [0.4, 0.5) is 0 Å². The number of methoxy groups -OCH3 is 1. The number of carbonyl (C=O) groups excluding carboxylic acids is 3. The number of esters is 1. The zero-order chi connectivity index (χ0) is 28.2. The van der Waals surface area contributed by atoms with Crippen LogP contribution in [-0.4, -0.2) is 53.9 Å². The highest BCUT2D eigenvalue weighted by molar-refractivity contribution is 7.09. The fraction of sp³-hybridized carbons (Fsp3) is 0.600. The number of benzene rings is 1. The molecule has 0 fully saturated rings. The second-order valence-corrected chi connectivity index (χ2v) is 11.7. The number of rotatable bonds is 15. The van der Waals surface area contributed by atoms with E-state index in [4.69, 9.17) is 4.74 Å². The number of hydrogen-bond acceptors (Lipinski definition) is 6. The van der Waals surface area contributed by atoms with Crippen molar-refractivity contribution in [2.45, 2.75) is 85.2 Å². The van der Waals surface area contributed by atoms with Crippen LogP contribution in [0.2, 0.25) is 0 Å². The molecule has 1 aromatic heterocycles. The van der Waals surface area contributed by atoms with Crippen LogP contribution in [0, 0.1) is 17.8 Å². The van der Waals surface area contributed by atoms with Gasteiger partial charge in [0, 0.05) is 37.4 Å². The third-order valence-corrected chi connectivity index (χ3v) is 8.13. The lowest BCUT2D eigenvalue weighted by Gasteiger charge is -2.32. The maximum absolute atomic E-state index is 13.1. The second kappa shape index (κ2) is 15.6. The molecule has 0 radical (unpaired) electrons. The first-order valence-corrected chi connectivity index (χ1v) is 14.6. The van der Waals surface area contributed by atoms with Crippen LogP contribution in [0.15, 0.2) is 35.7 Å². The van der Waals surface area contributed by atoms with Crippen LogP contribution < -0.4 is 5.32 Å². The highest BCUT2D eigenvalue weighted by Gasteiger charge is 2.25. The Balaban J connectivity index is 2.04. The van der Waals surface area contributed by atoms with E-state index in [0.29, 0.717) is 43.2 Å². The van der Waals surface area contributed by atoms with Crippen molar-refractivity contribution in [3.05, 3.63) is 52.0 Å². The minimum absolute atomic E-state index is 0.114. The predicted molar refractivity (Wildman–Crippen MR) is 153 cm³/mol. The van der Waals surface area contributed by atoms with Crippen molar-refractivity contribution in [3.63, 3.8) is 0 Å². The van der Waals surface area contributed by atoms with Crippen molar-refractivity contribution >= 4 is 29.1 Å². The van der Waals surface area contributed by atoms with Gasteiger partial charge >= 0.3 is 5.97 Å². The Morgan fingerprint density at radius 1 is 1.11 bits per heavy atom. The van der Waals surface area contributed by atoms with Crippen molar-refractivity contribution in [2.75, 3.05) is 14.2 Å². The molecule has 8 heteroatoms. The summed E-state index contributed by atoms with van der Waals surface area (Å²) in [5.41, 5.74) is 1.47. The summed E-state index contributed by atoms with van der Waals surface area (Å²) in [6.45, 7) is 10.3. The lowest BCUT2D eigenvalue weighted by Crippen LogP contribution is -2.41.